The summed E-state index contributed by atoms with van der Waals surface area (Å²) >= 11 is 5.16. The van der Waals surface area contributed by atoms with Crippen LogP contribution in [0.25, 0.3) is 5.65 Å². The Hall–Kier alpha value is -2.54. The molecule has 1 amide bonds. The van der Waals surface area contributed by atoms with Crippen molar-refractivity contribution < 1.29 is 13.6 Å². The zero-order chi connectivity index (χ0) is 18.9. The minimum atomic E-state index is -3.62. The van der Waals surface area contributed by atoms with E-state index in [1.54, 1.807) is 6.92 Å². The van der Waals surface area contributed by atoms with Gasteiger partial charge in [0.05, 0.1) is 6.04 Å². The largest absolute Gasteiger partial charge is 0.364 e. The van der Waals surface area contributed by atoms with Crippen LogP contribution in [-0.2, 0) is 5.38 Å². The molecule has 0 fully saturated rings. The molecular formula is C18H17ClF2N4O. The summed E-state index contributed by atoms with van der Waals surface area (Å²) in [5, 5.41) is 3.23. The van der Waals surface area contributed by atoms with E-state index in [2.05, 4.69) is 15.4 Å². The van der Waals surface area contributed by atoms with Crippen molar-refractivity contribution in [3.8, 4) is 0 Å². The van der Waals surface area contributed by atoms with Crippen molar-refractivity contribution in [3.63, 3.8) is 0 Å². The van der Waals surface area contributed by atoms with Gasteiger partial charge in [-0.15, -0.1) is 0 Å². The maximum absolute atomic E-state index is 13.6. The van der Waals surface area contributed by atoms with E-state index in [0.29, 0.717) is 12.1 Å². The van der Waals surface area contributed by atoms with Crippen molar-refractivity contribution in [2.45, 2.75) is 31.7 Å². The van der Waals surface area contributed by atoms with Gasteiger partial charge in [-0.25, -0.2) is 9.50 Å². The topological polar surface area (TPSA) is 59.3 Å². The Morgan fingerprint density at radius 3 is 2.62 bits per heavy atom. The van der Waals surface area contributed by atoms with E-state index >= 15 is 0 Å². The van der Waals surface area contributed by atoms with Gasteiger partial charge in [0.25, 0.3) is 5.91 Å². The molecule has 0 aliphatic carbocycles. The van der Waals surface area contributed by atoms with Crippen molar-refractivity contribution in [1.29, 1.82) is 0 Å². The van der Waals surface area contributed by atoms with E-state index in [9.17, 15) is 13.6 Å². The van der Waals surface area contributed by atoms with Crippen molar-refractivity contribution in [2.24, 2.45) is 0 Å². The van der Waals surface area contributed by atoms with Crippen LogP contribution in [0.2, 0.25) is 0 Å². The maximum Gasteiger partial charge on any atom is 0.364 e. The second-order valence-corrected chi connectivity index (χ2v) is 6.40. The number of nitrogens with one attached hydrogen (secondary N) is 1. The Labute approximate surface area is 154 Å². The molecule has 8 heteroatoms. The Balaban J connectivity index is 1.94. The Morgan fingerprint density at radius 2 is 2.00 bits per heavy atom. The molecule has 0 aliphatic rings. The summed E-state index contributed by atoms with van der Waals surface area (Å²) in [6.45, 7) is 3.51. The van der Waals surface area contributed by atoms with Gasteiger partial charge in [-0.1, -0.05) is 37.3 Å². The molecular weight excluding hydrogens is 362 g/mol. The van der Waals surface area contributed by atoms with Crippen molar-refractivity contribution in [2.75, 3.05) is 0 Å². The molecule has 3 rings (SSSR count). The number of aromatic nitrogens is 3. The highest BCUT2D eigenvalue weighted by atomic mass is 35.5. The lowest BCUT2D eigenvalue weighted by Crippen LogP contribution is -2.28. The summed E-state index contributed by atoms with van der Waals surface area (Å²) in [5.41, 5.74) is 0.915. The number of amides is 1. The fourth-order valence-corrected chi connectivity index (χ4v) is 2.89. The summed E-state index contributed by atoms with van der Waals surface area (Å²) in [7, 11) is 0. The average molecular weight is 379 g/mol. The van der Waals surface area contributed by atoms with Crippen LogP contribution < -0.4 is 5.32 Å². The molecule has 3 aromatic rings. The van der Waals surface area contributed by atoms with Gasteiger partial charge in [-0.2, -0.15) is 13.9 Å². The van der Waals surface area contributed by atoms with Gasteiger partial charge in [0.15, 0.2) is 11.3 Å². The Kier molecular flexibility index (Phi) is 4.91. The number of aryl methyl sites for hydroxylation is 1. The van der Waals surface area contributed by atoms with Crippen LogP contribution in [0.15, 0.2) is 42.5 Å². The fraction of sp³-hybridized carbons (Fsp3) is 0.278. The number of alkyl halides is 3. The molecule has 26 heavy (non-hydrogen) atoms. The van der Waals surface area contributed by atoms with Crippen molar-refractivity contribution in [1.82, 2.24) is 19.9 Å². The van der Waals surface area contributed by atoms with E-state index in [0.717, 1.165) is 16.1 Å². The summed E-state index contributed by atoms with van der Waals surface area (Å²) in [6.07, 6.45) is 0.672. The van der Waals surface area contributed by atoms with E-state index in [1.807, 2.05) is 37.3 Å². The Bertz CT molecular complexity index is 938. The highest BCUT2D eigenvalue weighted by molar-refractivity contribution is 6.21. The molecule has 136 valence electrons. The van der Waals surface area contributed by atoms with Gasteiger partial charge in [-0.3, -0.25) is 4.79 Å². The van der Waals surface area contributed by atoms with Gasteiger partial charge < -0.3 is 5.32 Å². The fourth-order valence-electron chi connectivity index (χ4n) is 2.75. The molecule has 1 N–H and O–H groups in total. The summed E-state index contributed by atoms with van der Waals surface area (Å²) in [4.78, 5) is 16.7. The standard InChI is InChI=1S/C18H17ClF2N4O/c1-3-13(12-7-5-4-6-8-12)23-17(26)14-10-16-22-11(2)9-15(18(19,20)21)25(16)24-14/h4-10,13H,3H2,1-2H3,(H,23,26). The van der Waals surface area contributed by atoms with E-state index in [1.165, 1.54) is 6.07 Å². The van der Waals surface area contributed by atoms with Crippen LogP contribution in [-0.4, -0.2) is 20.5 Å². The molecule has 0 saturated heterocycles. The van der Waals surface area contributed by atoms with Crippen LogP contribution in [0.4, 0.5) is 8.78 Å². The zero-order valence-electron chi connectivity index (χ0n) is 14.2. The van der Waals surface area contributed by atoms with Gasteiger partial charge in [0.1, 0.15) is 5.69 Å². The molecule has 1 aromatic carbocycles. The number of carbonyl (C=O) groups excluding carboxylic acids is 1. The lowest BCUT2D eigenvalue weighted by Gasteiger charge is -2.16. The van der Waals surface area contributed by atoms with Crippen LogP contribution >= 0.6 is 11.6 Å². The third-order valence-corrected chi connectivity index (χ3v) is 4.19. The molecule has 0 bridgehead atoms. The summed E-state index contributed by atoms with van der Waals surface area (Å²) in [5.74, 6) is -0.465. The average Bonchev–Trinajstić information content (AvgIpc) is 3.02. The number of hydrogen-bond acceptors (Lipinski definition) is 3. The monoisotopic (exact) mass is 378 g/mol. The summed E-state index contributed by atoms with van der Waals surface area (Å²) in [6, 6.07) is 11.8. The normalized spacial score (nSPS) is 13.0. The van der Waals surface area contributed by atoms with Crippen LogP contribution in [0.3, 0.4) is 0 Å². The smallest absolute Gasteiger partial charge is 0.344 e. The minimum absolute atomic E-state index is 0.000326. The van der Waals surface area contributed by atoms with Gasteiger partial charge >= 0.3 is 5.38 Å². The minimum Gasteiger partial charge on any atom is -0.344 e. The molecule has 0 aliphatic heterocycles. The summed E-state index contributed by atoms with van der Waals surface area (Å²) < 4.78 is 28.2. The molecule has 2 aromatic heterocycles. The van der Waals surface area contributed by atoms with Crippen molar-refractivity contribution in [3.05, 3.63) is 65.1 Å². The Morgan fingerprint density at radius 1 is 1.31 bits per heavy atom. The van der Waals surface area contributed by atoms with Gasteiger partial charge in [0, 0.05) is 11.8 Å². The maximum atomic E-state index is 13.6. The zero-order valence-corrected chi connectivity index (χ0v) is 15.0. The highest BCUT2D eigenvalue weighted by Gasteiger charge is 2.32. The van der Waals surface area contributed by atoms with E-state index in [4.69, 9.17) is 11.6 Å². The molecule has 0 spiro atoms. The van der Waals surface area contributed by atoms with Crippen LogP contribution in [0.5, 0.6) is 0 Å². The number of rotatable bonds is 5. The SMILES string of the molecule is CCC(NC(=O)c1cc2nc(C)cc(C(F)(F)Cl)n2n1)c1ccccc1. The second-order valence-electron chi connectivity index (χ2n) is 5.93. The molecule has 1 atom stereocenters. The first-order valence-corrected chi connectivity index (χ1v) is 8.48. The highest BCUT2D eigenvalue weighted by Crippen LogP contribution is 2.32. The van der Waals surface area contributed by atoms with Gasteiger partial charge in [0.2, 0.25) is 0 Å². The first kappa shape index (κ1) is 18.3. The van der Waals surface area contributed by atoms with E-state index < -0.39 is 17.0 Å². The lowest BCUT2D eigenvalue weighted by molar-refractivity contribution is 0.0863. The number of nitrogens with zero attached hydrogens (tertiary/aromatic N) is 3. The molecule has 0 saturated carbocycles. The lowest BCUT2D eigenvalue weighted by atomic mass is 10.0. The van der Waals surface area contributed by atoms with Crippen LogP contribution in [0, 0.1) is 6.92 Å². The molecule has 1 unspecified atom stereocenters. The quantitative estimate of drug-likeness (QED) is 0.677. The molecule has 5 nitrogen and oxygen atoms in total. The van der Waals surface area contributed by atoms with Gasteiger partial charge in [-0.05, 0) is 36.6 Å². The first-order chi connectivity index (χ1) is 12.3. The number of fused-ring (bicyclic) bond motifs is 1. The number of hydrogen-bond donors (Lipinski definition) is 1. The third-order valence-electron chi connectivity index (χ3n) is 3.99. The molecule has 0 radical (unpaired) electrons. The van der Waals surface area contributed by atoms with Crippen LogP contribution in [0.1, 0.15) is 46.8 Å². The number of halogens is 3. The third kappa shape index (κ3) is 3.67. The first-order valence-electron chi connectivity index (χ1n) is 8.10. The predicted molar refractivity (Wildman–Crippen MR) is 94.4 cm³/mol. The predicted octanol–water partition coefficient (Wildman–Crippen LogP) is 4.21. The second kappa shape index (κ2) is 6.99. The molecule has 2 heterocycles. The number of benzene rings is 1. The number of carbonyl (C=O) groups is 1. The van der Waals surface area contributed by atoms with E-state index in [-0.39, 0.29) is 17.4 Å². The van der Waals surface area contributed by atoms with Crippen molar-refractivity contribution >= 4 is 23.2 Å².